The van der Waals surface area contributed by atoms with E-state index in [2.05, 4.69) is 15.4 Å². The monoisotopic (exact) mass is 301 g/mol. The molecule has 6 nitrogen and oxygen atoms in total. The lowest BCUT2D eigenvalue weighted by Gasteiger charge is -2.05. The van der Waals surface area contributed by atoms with Crippen molar-refractivity contribution in [2.24, 2.45) is 5.92 Å². The molecular weight excluding hydrogens is 282 g/mol. The predicted molar refractivity (Wildman–Crippen MR) is 80.2 cm³/mol. The molecule has 2 aromatic rings. The molecule has 1 saturated carbocycles. The molecule has 116 valence electrons. The number of H-pyrrole nitrogens is 1. The molecule has 0 saturated heterocycles. The lowest BCUT2D eigenvalue weighted by atomic mass is 10.1. The van der Waals surface area contributed by atoms with Crippen molar-refractivity contribution in [3.63, 3.8) is 0 Å². The van der Waals surface area contributed by atoms with Crippen LogP contribution in [0.1, 0.15) is 35.8 Å². The lowest BCUT2D eigenvalue weighted by Crippen LogP contribution is -2.06. The van der Waals surface area contributed by atoms with E-state index in [0.29, 0.717) is 18.9 Å². The fourth-order valence-corrected chi connectivity index (χ4v) is 2.16. The molecule has 0 bridgehead atoms. The molecule has 1 aliphatic carbocycles. The third kappa shape index (κ3) is 3.51. The topological polar surface area (TPSA) is 77.1 Å². The Labute approximate surface area is 128 Å². The van der Waals surface area contributed by atoms with Gasteiger partial charge in [-0.3, -0.25) is 0 Å². The maximum atomic E-state index is 11.8. The first-order valence-corrected chi connectivity index (χ1v) is 7.53. The van der Waals surface area contributed by atoms with Crippen LogP contribution in [0.25, 0.3) is 11.3 Å². The first kappa shape index (κ1) is 14.7. The van der Waals surface area contributed by atoms with Gasteiger partial charge in [0, 0.05) is 12.2 Å². The molecule has 0 amide bonds. The van der Waals surface area contributed by atoms with Crippen LogP contribution in [-0.4, -0.2) is 34.6 Å². The van der Waals surface area contributed by atoms with Gasteiger partial charge in [0.25, 0.3) is 0 Å². The zero-order valence-corrected chi connectivity index (χ0v) is 12.5. The summed E-state index contributed by atoms with van der Waals surface area (Å²) in [7, 11) is 0. The summed E-state index contributed by atoms with van der Waals surface area (Å²) < 4.78 is 10.6. The molecule has 0 radical (unpaired) electrons. The maximum absolute atomic E-state index is 11.8. The predicted octanol–water partition coefficient (Wildman–Crippen LogP) is 2.58. The highest BCUT2D eigenvalue weighted by molar-refractivity contribution is 5.93. The standard InChI is InChI=1S/C16H19N3O3/c1-2-22-16(20)15-14(17-19-18-15)13-7-5-12(6-8-13)10-21-9-11-3-4-11/h5-8,11H,2-4,9-10H2,1H3,(H,17,18,19). The Balaban J connectivity index is 1.67. The minimum absolute atomic E-state index is 0.208. The summed E-state index contributed by atoms with van der Waals surface area (Å²) in [5.41, 5.74) is 2.64. The first-order valence-electron chi connectivity index (χ1n) is 7.53. The fraction of sp³-hybridized carbons (Fsp3) is 0.438. The number of benzene rings is 1. The molecule has 3 rings (SSSR count). The van der Waals surface area contributed by atoms with E-state index >= 15 is 0 Å². The molecule has 1 aromatic carbocycles. The van der Waals surface area contributed by atoms with E-state index in [4.69, 9.17) is 9.47 Å². The van der Waals surface area contributed by atoms with Gasteiger partial charge in [-0.05, 0) is 31.2 Å². The smallest absolute Gasteiger partial charge is 0.361 e. The SMILES string of the molecule is CCOC(=O)c1n[nH]nc1-c1ccc(COCC2CC2)cc1. The van der Waals surface area contributed by atoms with Gasteiger partial charge in [0.1, 0.15) is 5.69 Å². The molecule has 0 aliphatic heterocycles. The van der Waals surface area contributed by atoms with Gasteiger partial charge in [-0.15, -0.1) is 5.10 Å². The van der Waals surface area contributed by atoms with Crippen molar-refractivity contribution in [1.29, 1.82) is 0 Å². The highest BCUT2D eigenvalue weighted by Crippen LogP contribution is 2.29. The Morgan fingerprint density at radius 2 is 2.05 bits per heavy atom. The van der Waals surface area contributed by atoms with Crippen molar-refractivity contribution >= 4 is 5.97 Å². The Morgan fingerprint density at radius 3 is 2.73 bits per heavy atom. The highest BCUT2D eigenvalue weighted by Gasteiger charge is 2.21. The number of ether oxygens (including phenoxy) is 2. The Bertz CT molecular complexity index is 632. The summed E-state index contributed by atoms with van der Waals surface area (Å²) in [6.07, 6.45) is 2.59. The van der Waals surface area contributed by atoms with E-state index in [-0.39, 0.29) is 5.69 Å². The van der Waals surface area contributed by atoms with E-state index in [1.165, 1.54) is 12.8 Å². The molecule has 1 fully saturated rings. The van der Waals surface area contributed by atoms with Crippen molar-refractivity contribution < 1.29 is 14.3 Å². The van der Waals surface area contributed by atoms with Crippen molar-refractivity contribution in [3.8, 4) is 11.3 Å². The average Bonchev–Trinajstić information content (AvgIpc) is 3.22. The summed E-state index contributed by atoms with van der Waals surface area (Å²) in [6, 6.07) is 7.78. The number of carbonyl (C=O) groups is 1. The Hall–Kier alpha value is -2.21. The molecule has 1 aliphatic rings. The number of nitrogens with zero attached hydrogens (tertiary/aromatic N) is 2. The third-order valence-electron chi connectivity index (χ3n) is 3.56. The number of esters is 1. The molecule has 1 N–H and O–H groups in total. The fourth-order valence-electron chi connectivity index (χ4n) is 2.16. The summed E-state index contributed by atoms with van der Waals surface area (Å²) in [6.45, 7) is 3.52. The minimum Gasteiger partial charge on any atom is -0.461 e. The highest BCUT2D eigenvalue weighted by atomic mass is 16.5. The minimum atomic E-state index is -0.469. The van der Waals surface area contributed by atoms with E-state index in [0.717, 1.165) is 23.7 Å². The van der Waals surface area contributed by atoms with Crippen LogP contribution in [0, 0.1) is 5.92 Å². The lowest BCUT2D eigenvalue weighted by molar-refractivity contribution is 0.0520. The molecule has 0 spiro atoms. The van der Waals surface area contributed by atoms with Crippen LogP contribution in [0.5, 0.6) is 0 Å². The number of hydrogen-bond donors (Lipinski definition) is 1. The first-order chi connectivity index (χ1) is 10.8. The number of aromatic amines is 1. The van der Waals surface area contributed by atoms with Crippen LogP contribution in [0.2, 0.25) is 0 Å². The molecule has 0 unspecified atom stereocenters. The summed E-state index contributed by atoms with van der Waals surface area (Å²) in [5, 5.41) is 10.4. The van der Waals surface area contributed by atoms with Gasteiger partial charge in [0.05, 0.1) is 13.2 Å². The maximum Gasteiger partial charge on any atom is 0.361 e. The van der Waals surface area contributed by atoms with Crippen molar-refractivity contribution in [2.45, 2.75) is 26.4 Å². The molecule has 6 heteroatoms. The van der Waals surface area contributed by atoms with Gasteiger partial charge in [0.15, 0.2) is 5.69 Å². The van der Waals surface area contributed by atoms with E-state index in [9.17, 15) is 4.79 Å². The zero-order chi connectivity index (χ0) is 15.4. The second-order valence-electron chi connectivity index (χ2n) is 5.40. The normalized spacial score (nSPS) is 14.0. The summed E-state index contributed by atoms with van der Waals surface area (Å²) in [4.78, 5) is 11.8. The van der Waals surface area contributed by atoms with Crippen LogP contribution < -0.4 is 0 Å². The van der Waals surface area contributed by atoms with Gasteiger partial charge < -0.3 is 9.47 Å². The van der Waals surface area contributed by atoms with Gasteiger partial charge in [-0.2, -0.15) is 10.3 Å². The quantitative estimate of drug-likeness (QED) is 0.795. The van der Waals surface area contributed by atoms with E-state index < -0.39 is 5.97 Å². The third-order valence-corrected chi connectivity index (χ3v) is 3.56. The number of aromatic nitrogens is 3. The van der Waals surface area contributed by atoms with E-state index in [1.54, 1.807) is 6.92 Å². The number of rotatable bonds is 7. The number of hydrogen-bond acceptors (Lipinski definition) is 5. The molecular formula is C16H19N3O3. The second kappa shape index (κ2) is 6.70. The summed E-state index contributed by atoms with van der Waals surface area (Å²) >= 11 is 0. The molecule has 1 heterocycles. The van der Waals surface area contributed by atoms with Crippen molar-refractivity contribution in [2.75, 3.05) is 13.2 Å². The molecule has 1 aromatic heterocycles. The van der Waals surface area contributed by atoms with Crippen molar-refractivity contribution in [1.82, 2.24) is 15.4 Å². The van der Waals surface area contributed by atoms with Crippen LogP contribution in [0.3, 0.4) is 0 Å². The number of carbonyl (C=O) groups excluding carboxylic acids is 1. The van der Waals surface area contributed by atoms with Gasteiger partial charge in [-0.1, -0.05) is 24.3 Å². The Kier molecular flexibility index (Phi) is 4.48. The zero-order valence-electron chi connectivity index (χ0n) is 12.5. The molecule has 22 heavy (non-hydrogen) atoms. The average molecular weight is 301 g/mol. The van der Waals surface area contributed by atoms with Gasteiger partial charge in [-0.25, -0.2) is 4.79 Å². The van der Waals surface area contributed by atoms with Crippen LogP contribution in [-0.2, 0) is 16.1 Å². The van der Waals surface area contributed by atoms with Crippen molar-refractivity contribution in [3.05, 3.63) is 35.5 Å². The van der Waals surface area contributed by atoms with Crippen LogP contribution in [0.15, 0.2) is 24.3 Å². The Morgan fingerprint density at radius 1 is 1.27 bits per heavy atom. The van der Waals surface area contributed by atoms with Gasteiger partial charge >= 0.3 is 5.97 Å². The van der Waals surface area contributed by atoms with Crippen LogP contribution in [0.4, 0.5) is 0 Å². The largest absolute Gasteiger partial charge is 0.461 e. The molecule has 0 atom stereocenters. The summed E-state index contributed by atoms with van der Waals surface area (Å²) in [5.74, 6) is 0.296. The van der Waals surface area contributed by atoms with E-state index in [1.807, 2.05) is 24.3 Å². The van der Waals surface area contributed by atoms with Crippen LogP contribution >= 0.6 is 0 Å². The number of nitrogens with one attached hydrogen (secondary N) is 1. The van der Waals surface area contributed by atoms with Gasteiger partial charge in [0.2, 0.25) is 0 Å². The second-order valence-corrected chi connectivity index (χ2v) is 5.40.